The predicted molar refractivity (Wildman–Crippen MR) is 85.2 cm³/mol. The van der Waals surface area contributed by atoms with E-state index in [0.29, 0.717) is 24.7 Å². The first-order chi connectivity index (χ1) is 10.2. The molecule has 0 saturated heterocycles. The number of aromatic nitrogens is 2. The number of nitrogens with zero attached hydrogens (tertiary/aromatic N) is 3. The van der Waals surface area contributed by atoms with Gasteiger partial charge in [-0.25, -0.2) is 0 Å². The van der Waals surface area contributed by atoms with Crippen LogP contribution in [0.15, 0.2) is 36.4 Å². The molecule has 0 aliphatic heterocycles. The molecule has 1 aromatic carbocycles. The molecule has 0 unspecified atom stereocenters. The van der Waals surface area contributed by atoms with Crippen LogP contribution in [-0.4, -0.2) is 34.8 Å². The van der Waals surface area contributed by atoms with Crippen molar-refractivity contribution in [2.45, 2.75) is 13.5 Å². The van der Waals surface area contributed by atoms with Crippen LogP contribution in [0.4, 0.5) is 17.6 Å². The lowest BCUT2D eigenvalue weighted by molar-refractivity contribution is 0.301. The second-order valence-electron chi connectivity index (χ2n) is 4.63. The highest BCUT2D eigenvalue weighted by Crippen LogP contribution is 2.19. The van der Waals surface area contributed by atoms with Crippen molar-refractivity contribution in [2.24, 2.45) is 0 Å². The van der Waals surface area contributed by atoms with Gasteiger partial charge in [0.25, 0.3) is 0 Å². The minimum absolute atomic E-state index is 0.0489. The van der Waals surface area contributed by atoms with E-state index in [1.807, 2.05) is 48.2 Å². The molecule has 0 aliphatic rings. The lowest BCUT2D eigenvalue weighted by Crippen LogP contribution is -2.27. The van der Waals surface area contributed by atoms with Gasteiger partial charge in [0, 0.05) is 25.7 Å². The molecular formula is C15H21N5O. The van der Waals surface area contributed by atoms with Crippen LogP contribution in [0, 0.1) is 0 Å². The summed E-state index contributed by atoms with van der Waals surface area (Å²) in [6.45, 7) is 3.94. The SMILES string of the molecule is CCNc1cc(N(CCO)Cc2ccccc2)nc(N)n1. The number of nitrogens with one attached hydrogen (secondary N) is 1. The molecule has 21 heavy (non-hydrogen) atoms. The van der Waals surface area contributed by atoms with Crippen LogP contribution >= 0.6 is 0 Å². The van der Waals surface area contributed by atoms with E-state index in [2.05, 4.69) is 15.3 Å². The van der Waals surface area contributed by atoms with Crippen molar-refractivity contribution in [1.29, 1.82) is 0 Å². The Hall–Kier alpha value is -2.34. The molecule has 0 bridgehead atoms. The first-order valence-corrected chi connectivity index (χ1v) is 7.01. The van der Waals surface area contributed by atoms with Crippen molar-refractivity contribution in [2.75, 3.05) is 35.6 Å². The number of nitrogen functional groups attached to an aromatic ring is 1. The molecule has 0 amide bonds. The Bertz CT molecular complexity index is 561. The van der Waals surface area contributed by atoms with Gasteiger partial charge in [0.2, 0.25) is 5.95 Å². The van der Waals surface area contributed by atoms with E-state index in [1.165, 1.54) is 0 Å². The lowest BCUT2D eigenvalue weighted by atomic mass is 10.2. The van der Waals surface area contributed by atoms with Crippen molar-refractivity contribution in [3.05, 3.63) is 42.0 Å². The Morgan fingerprint density at radius 2 is 2.00 bits per heavy atom. The Labute approximate surface area is 124 Å². The van der Waals surface area contributed by atoms with Gasteiger partial charge in [0.15, 0.2) is 0 Å². The monoisotopic (exact) mass is 287 g/mol. The quantitative estimate of drug-likeness (QED) is 0.715. The lowest BCUT2D eigenvalue weighted by Gasteiger charge is -2.23. The molecule has 6 heteroatoms. The molecular weight excluding hydrogens is 266 g/mol. The maximum Gasteiger partial charge on any atom is 0.223 e. The first kappa shape index (κ1) is 15.1. The zero-order valence-corrected chi connectivity index (χ0v) is 12.2. The minimum Gasteiger partial charge on any atom is -0.395 e. The number of nitrogens with two attached hydrogens (primary N) is 1. The molecule has 0 radical (unpaired) electrons. The number of hydrogen-bond acceptors (Lipinski definition) is 6. The average Bonchev–Trinajstić information content (AvgIpc) is 2.48. The third-order valence-electron chi connectivity index (χ3n) is 3.00. The highest BCUT2D eigenvalue weighted by atomic mass is 16.3. The van der Waals surface area contributed by atoms with Crippen LogP contribution in [0.3, 0.4) is 0 Å². The van der Waals surface area contributed by atoms with Crippen molar-refractivity contribution in [3.8, 4) is 0 Å². The first-order valence-electron chi connectivity index (χ1n) is 7.01. The number of hydrogen-bond donors (Lipinski definition) is 3. The van der Waals surface area contributed by atoms with E-state index in [4.69, 9.17) is 5.73 Å². The van der Waals surface area contributed by atoms with E-state index in [0.717, 1.165) is 12.1 Å². The molecule has 112 valence electrons. The van der Waals surface area contributed by atoms with E-state index in [-0.39, 0.29) is 12.6 Å². The Morgan fingerprint density at radius 1 is 1.24 bits per heavy atom. The van der Waals surface area contributed by atoms with Crippen LogP contribution < -0.4 is 16.0 Å². The number of aliphatic hydroxyl groups excluding tert-OH is 1. The summed E-state index contributed by atoms with van der Waals surface area (Å²) in [7, 11) is 0. The zero-order valence-electron chi connectivity index (χ0n) is 12.2. The van der Waals surface area contributed by atoms with Crippen molar-refractivity contribution in [3.63, 3.8) is 0 Å². The standard InChI is InChI=1S/C15H21N5O/c1-2-17-13-10-14(19-15(16)18-13)20(8-9-21)11-12-6-4-3-5-7-12/h3-7,10,21H,2,8-9,11H2,1H3,(H3,16,17,18,19). The van der Waals surface area contributed by atoms with E-state index in [9.17, 15) is 5.11 Å². The van der Waals surface area contributed by atoms with Gasteiger partial charge >= 0.3 is 0 Å². The summed E-state index contributed by atoms with van der Waals surface area (Å²) in [5.41, 5.74) is 6.91. The topological polar surface area (TPSA) is 87.3 Å². The van der Waals surface area contributed by atoms with Crippen molar-refractivity contribution < 1.29 is 5.11 Å². The maximum absolute atomic E-state index is 9.29. The van der Waals surface area contributed by atoms with Crippen molar-refractivity contribution in [1.82, 2.24) is 9.97 Å². The molecule has 0 atom stereocenters. The fourth-order valence-electron chi connectivity index (χ4n) is 2.09. The highest BCUT2D eigenvalue weighted by molar-refractivity contribution is 5.52. The molecule has 1 aromatic heterocycles. The van der Waals surface area contributed by atoms with Crippen molar-refractivity contribution >= 4 is 17.6 Å². The summed E-state index contributed by atoms with van der Waals surface area (Å²) < 4.78 is 0. The zero-order chi connectivity index (χ0) is 15.1. The predicted octanol–water partition coefficient (Wildman–Crippen LogP) is 1.49. The minimum atomic E-state index is 0.0489. The van der Waals surface area contributed by atoms with Gasteiger partial charge in [0.05, 0.1) is 6.61 Å². The van der Waals surface area contributed by atoms with Gasteiger partial charge in [-0.15, -0.1) is 0 Å². The number of aliphatic hydroxyl groups is 1. The second-order valence-corrected chi connectivity index (χ2v) is 4.63. The largest absolute Gasteiger partial charge is 0.395 e. The van der Waals surface area contributed by atoms with Gasteiger partial charge in [-0.1, -0.05) is 30.3 Å². The molecule has 0 saturated carbocycles. The molecule has 4 N–H and O–H groups in total. The Morgan fingerprint density at radius 3 is 2.67 bits per heavy atom. The smallest absolute Gasteiger partial charge is 0.223 e. The van der Waals surface area contributed by atoms with Gasteiger partial charge in [-0.2, -0.15) is 9.97 Å². The molecule has 2 aromatic rings. The molecule has 0 fully saturated rings. The summed E-state index contributed by atoms with van der Waals surface area (Å²) in [5.74, 6) is 1.62. The average molecular weight is 287 g/mol. The summed E-state index contributed by atoms with van der Waals surface area (Å²) >= 11 is 0. The highest BCUT2D eigenvalue weighted by Gasteiger charge is 2.11. The summed E-state index contributed by atoms with van der Waals surface area (Å²) in [6, 6.07) is 11.9. The van der Waals surface area contributed by atoms with Crippen LogP contribution in [0.25, 0.3) is 0 Å². The summed E-state index contributed by atoms with van der Waals surface area (Å²) in [4.78, 5) is 10.4. The Kier molecular flexibility index (Phi) is 5.34. The fourth-order valence-corrected chi connectivity index (χ4v) is 2.09. The third-order valence-corrected chi connectivity index (χ3v) is 3.00. The van der Waals surface area contributed by atoms with Crippen LogP contribution in [0.5, 0.6) is 0 Å². The summed E-state index contributed by atoms with van der Waals surface area (Å²) in [6.07, 6.45) is 0. The molecule has 2 rings (SSSR count). The molecule has 0 aliphatic carbocycles. The molecule has 0 spiro atoms. The van der Waals surface area contributed by atoms with Crippen LogP contribution in [0.2, 0.25) is 0 Å². The van der Waals surface area contributed by atoms with Crippen LogP contribution in [-0.2, 0) is 6.54 Å². The maximum atomic E-state index is 9.29. The Balaban J connectivity index is 2.24. The van der Waals surface area contributed by atoms with Gasteiger partial charge in [-0.3, -0.25) is 0 Å². The summed E-state index contributed by atoms with van der Waals surface area (Å²) in [5, 5.41) is 12.4. The second kappa shape index (κ2) is 7.44. The van der Waals surface area contributed by atoms with Gasteiger partial charge < -0.3 is 21.1 Å². The number of anilines is 3. The third kappa shape index (κ3) is 4.32. The molecule has 6 nitrogen and oxygen atoms in total. The normalized spacial score (nSPS) is 10.4. The van der Waals surface area contributed by atoms with Gasteiger partial charge in [-0.05, 0) is 12.5 Å². The van der Waals surface area contributed by atoms with Crippen LogP contribution in [0.1, 0.15) is 12.5 Å². The van der Waals surface area contributed by atoms with E-state index >= 15 is 0 Å². The number of rotatable bonds is 7. The van der Waals surface area contributed by atoms with E-state index in [1.54, 1.807) is 0 Å². The van der Waals surface area contributed by atoms with E-state index < -0.39 is 0 Å². The number of benzene rings is 1. The van der Waals surface area contributed by atoms with Gasteiger partial charge in [0.1, 0.15) is 11.6 Å². The fraction of sp³-hybridized carbons (Fsp3) is 0.333. The molecule has 1 heterocycles.